The van der Waals surface area contributed by atoms with Crippen molar-refractivity contribution in [3.8, 4) is 5.69 Å². The molecule has 1 aromatic heterocycles. The number of hydrogen-bond acceptors (Lipinski definition) is 5. The molecule has 0 aliphatic rings. The third-order valence-corrected chi connectivity index (χ3v) is 4.91. The average molecular weight is 371 g/mol. The van der Waals surface area contributed by atoms with Gasteiger partial charge in [0.1, 0.15) is 5.82 Å². The molecule has 1 heterocycles. The predicted molar refractivity (Wildman–Crippen MR) is 99.0 cm³/mol. The zero-order valence-electron chi connectivity index (χ0n) is 14.6. The molecule has 0 fully saturated rings. The standard InChI is InChI=1S/C18H18FN5OS/c1-11-7-6-8-12(2)16(11)24-18(21-22-23-24)26-13(3)17(25)20-15-10-5-4-9-14(15)19/h4-10,13H,1-3H3,(H,20,25)/t13-/m0/s1. The summed E-state index contributed by atoms with van der Waals surface area (Å²) in [7, 11) is 0. The van der Waals surface area contributed by atoms with Crippen LogP contribution in [-0.4, -0.2) is 31.4 Å². The number of aryl methyl sites for hydroxylation is 2. The van der Waals surface area contributed by atoms with Crippen LogP contribution in [0.15, 0.2) is 47.6 Å². The maximum atomic E-state index is 13.7. The SMILES string of the molecule is Cc1cccc(C)c1-n1nnnc1S[C@@H](C)C(=O)Nc1ccccc1F. The summed E-state index contributed by atoms with van der Waals surface area (Å²) in [6.45, 7) is 5.68. The van der Waals surface area contributed by atoms with Crippen LogP contribution in [0.25, 0.3) is 5.69 Å². The number of nitrogens with zero attached hydrogens (tertiary/aromatic N) is 4. The molecule has 0 aliphatic heterocycles. The Morgan fingerprint density at radius 2 is 1.85 bits per heavy atom. The Hall–Kier alpha value is -2.74. The van der Waals surface area contributed by atoms with E-state index in [0.717, 1.165) is 16.8 Å². The van der Waals surface area contributed by atoms with E-state index in [1.165, 1.54) is 23.9 Å². The van der Waals surface area contributed by atoms with E-state index >= 15 is 0 Å². The number of nitrogens with one attached hydrogen (secondary N) is 1. The zero-order valence-corrected chi connectivity index (χ0v) is 15.4. The third kappa shape index (κ3) is 3.75. The number of carbonyl (C=O) groups is 1. The van der Waals surface area contributed by atoms with Crippen molar-refractivity contribution in [1.29, 1.82) is 0 Å². The smallest absolute Gasteiger partial charge is 0.237 e. The summed E-state index contributed by atoms with van der Waals surface area (Å²) in [5.74, 6) is -0.797. The van der Waals surface area contributed by atoms with Gasteiger partial charge < -0.3 is 5.32 Å². The highest BCUT2D eigenvalue weighted by Gasteiger charge is 2.21. The number of para-hydroxylation sites is 2. The van der Waals surface area contributed by atoms with Crippen molar-refractivity contribution in [2.24, 2.45) is 0 Å². The highest BCUT2D eigenvalue weighted by Crippen LogP contribution is 2.27. The topological polar surface area (TPSA) is 72.7 Å². The van der Waals surface area contributed by atoms with Crippen LogP contribution in [0.4, 0.5) is 10.1 Å². The fraction of sp³-hybridized carbons (Fsp3) is 0.222. The summed E-state index contributed by atoms with van der Waals surface area (Å²) in [5, 5.41) is 14.4. The molecule has 0 radical (unpaired) electrons. The van der Waals surface area contributed by atoms with E-state index < -0.39 is 11.1 Å². The lowest BCUT2D eigenvalue weighted by atomic mass is 10.1. The third-order valence-electron chi connectivity index (χ3n) is 3.88. The molecule has 3 rings (SSSR count). The van der Waals surface area contributed by atoms with Gasteiger partial charge in [-0.2, -0.15) is 4.68 Å². The van der Waals surface area contributed by atoms with Crippen molar-refractivity contribution in [3.63, 3.8) is 0 Å². The minimum absolute atomic E-state index is 0.152. The highest BCUT2D eigenvalue weighted by molar-refractivity contribution is 8.00. The van der Waals surface area contributed by atoms with Gasteiger partial charge in [0.2, 0.25) is 11.1 Å². The molecule has 0 saturated heterocycles. The molecule has 0 unspecified atom stereocenters. The molecular weight excluding hydrogens is 353 g/mol. The minimum atomic E-state index is -0.510. The summed E-state index contributed by atoms with van der Waals surface area (Å²) in [5.41, 5.74) is 3.10. The molecular formula is C18H18FN5OS. The molecule has 2 aromatic carbocycles. The molecule has 1 N–H and O–H groups in total. The van der Waals surface area contributed by atoms with Crippen LogP contribution in [0.5, 0.6) is 0 Å². The quantitative estimate of drug-likeness (QED) is 0.695. The number of rotatable bonds is 5. The second-order valence-electron chi connectivity index (χ2n) is 5.84. The normalized spacial score (nSPS) is 12.0. The Labute approximate surface area is 154 Å². The molecule has 8 heteroatoms. The number of carbonyl (C=O) groups excluding carboxylic acids is 1. The molecule has 26 heavy (non-hydrogen) atoms. The molecule has 0 bridgehead atoms. The monoisotopic (exact) mass is 371 g/mol. The van der Waals surface area contributed by atoms with Gasteiger partial charge in [-0.3, -0.25) is 4.79 Å². The molecule has 1 atom stereocenters. The van der Waals surface area contributed by atoms with Gasteiger partial charge in [0.25, 0.3) is 0 Å². The Morgan fingerprint density at radius 1 is 1.15 bits per heavy atom. The Kier molecular flexibility index (Phi) is 5.32. The maximum absolute atomic E-state index is 13.7. The van der Waals surface area contributed by atoms with Crippen molar-refractivity contribution >= 4 is 23.4 Å². The number of tetrazole rings is 1. The van der Waals surface area contributed by atoms with Crippen molar-refractivity contribution in [1.82, 2.24) is 20.2 Å². The molecule has 0 aliphatic carbocycles. The number of benzene rings is 2. The first-order valence-corrected chi connectivity index (χ1v) is 8.92. The number of halogens is 1. The van der Waals surface area contributed by atoms with Crippen LogP contribution in [-0.2, 0) is 4.79 Å². The van der Waals surface area contributed by atoms with Gasteiger partial charge >= 0.3 is 0 Å². The van der Waals surface area contributed by atoms with E-state index in [1.54, 1.807) is 23.7 Å². The average Bonchev–Trinajstić information content (AvgIpc) is 3.04. The molecule has 0 spiro atoms. The van der Waals surface area contributed by atoms with E-state index in [2.05, 4.69) is 20.8 Å². The zero-order chi connectivity index (χ0) is 18.7. The Bertz CT molecular complexity index is 923. The van der Waals surface area contributed by atoms with Crippen molar-refractivity contribution in [2.45, 2.75) is 31.2 Å². The number of aromatic nitrogens is 4. The van der Waals surface area contributed by atoms with Crippen LogP contribution in [0.2, 0.25) is 0 Å². The summed E-state index contributed by atoms with van der Waals surface area (Å²) >= 11 is 1.21. The van der Waals surface area contributed by atoms with Crippen LogP contribution in [0.3, 0.4) is 0 Å². The van der Waals surface area contributed by atoms with Crippen LogP contribution in [0.1, 0.15) is 18.1 Å². The summed E-state index contributed by atoms with van der Waals surface area (Å²) in [6, 6.07) is 12.0. The van der Waals surface area contributed by atoms with E-state index in [9.17, 15) is 9.18 Å². The summed E-state index contributed by atoms with van der Waals surface area (Å²) in [4.78, 5) is 12.4. The van der Waals surface area contributed by atoms with Gasteiger partial charge in [-0.05, 0) is 54.5 Å². The molecule has 1 amide bonds. The number of thioether (sulfide) groups is 1. The molecule has 3 aromatic rings. The fourth-order valence-corrected chi connectivity index (χ4v) is 3.33. The first-order chi connectivity index (χ1) is 12.5. The van der Waals surface area contributed by atoms with Crippen LogP contribution >= 0.6 is 11.8 Å². The Morgan fingerprint density at radius 3 is 2.54 bits per heavy atom. The van der Waals surface area contributed by atoms with E-state index in [0.29, 0.717) is 5.16 Å². The van der Waals surface area contributed by atoms with Crippen LogP contribution < -0.4 is 5.32 Å². The largest absolute Gasteiger partial charge is 0.323 e. The number of hydrogen-bond donors (Lipinski definition) is 1. The Balaban J connectivity index is 1.79. The van der Waals surface area contributed by atoms with Crippen molar-refractivity contribution < 1.29 is 9.18 Å². The molecule has 0 saturated carbocycles. The highest BCUT2D eigenvalue weighted by atomic mass is 32.2. The van der Waals surface area contributed by atoms with Gasteiger partial charge in [0.15, 0.2) is 0 Å². The van der Waals surface area contributed by atoms with E-state index in [4.69, 9.17) is 0 Å². The number of anilines is 1. The van der Waals surface area contributed by atoms with Gasteiger partial charge in [-0.1, -0.05) is 42.1 Å². The maximum Gasteiger partial charge on any atom is 0.237 e. The van der Waals surface area contributed by atoms with Gasteiger partial charge in [-0.25, -0.2) is 4.39 Å². The van der Waals surface area contributed by atoms with Gasteiger partial charge in [0, 0.05) is 0 Å². The first-order valence-electron chi connectivity index (χ1n) is 8.04. The second kappa shape index (κ2) is 7.65. The van der Waals surface area contributed by atoms with Crippen molar-refractivity contribution in [2.75, 3.05) is 5.32 Å². The van der Waals surface area contributed by atoms with Gasteiger partial charge in [-0.15, -0.1) is 5.10 Å². The van der Waals surface area contributed by atoms with E-state index in [-0.39, 0.29) is 11.6 Å². The molecule has 6 nitrogen and oxygen atoms in total. The summed E-state index contributed by atoms with van der Waals surface area (Å²) < 4.78 is 15.3. The van der Waals surface area contributed by atoms with Crippen LogP contribution in [0, 0.1) is 19.7 Å². The second-order valence-corrected chi connectivity index (χ2v) is 7.15. The van der Waals surface area contributed by atoms with Gasteiger partial charge in [0.05, 0.1) is 16.6 Å². The number of amides is 1. The lowest BCUT2D eigenvalue weighted by Crippen LogP contribution is -2.23. The van der Waals surface area contributed by atoms with Crippen molar-refractivity contribution in [3.05, 3.63) is 59.4 Å². The first kappa shape index (κ1) is 18.1. The lowest BCUT2D eigenvalue weighted by Gasteiger charge is -2.14. The lowest BCUT2D eigenvalue weighted by molar-refractivity contribution is -0.115. The molecule has 134 valence electrons. The summed E-state index contributed by atoms with van der Waals surface area (Å²) in [6.07, 6.45) is 0. The fourth-order valence-electron chi connectivity index (χ4n) is 2.54. The predicted octanol–water partition coefficient (Wildman–Crippen LogP) is 3.54. The minimum Gasteiger partial charge on any atom is -0.323 e. The van der Waals surface area contributed by atoms with E-state index in [1.807, 2.05) is 32.0 Å².